The maximum absolute atomic E-state index is 13.9. The van der Waals surface area contributed by atoms with E-state index in [1.807, 2.05) is 0 Å². The summed E-state index contributed by atoms with van der Waals surface area (Å²) in [6.45, 7) is -0.0457. The summed E-state index contributed by atoms with van der Waals surface area (Å²) in [6, 6.07) is 5.28. The summed E-state index contributed by atoms with van der Waals surface area (Å²) >= 11 is 0. The lowest BCUT2D eigenvalue weighted by atomic mass is 9.82. The number of hydrogen-bond donors (Lipinski definition) is 0. The van der Waals surface area contributed by atoms with Gasteiger partial charge in [0.1, 0.15) is 11.6 Å². The SMILES string of the molecule is CC1=NC(c2ccc(OC(F)F)c(C)c2)(c2cc(F)c(F)c(F)c2)C(=O)N1C. The molecule has 0 radical (unpaired) electrons. The van der Waals surface area contributed by atoms with Gasteiger partial charge in [-0.2, -0.15) is 8.78 Å². The maximum Gasteiger partial charge on any atom is 0.387 e. The van der Waals surface area contributed by atoms with Gasteiger partial charge in [-0.3, -0.25) is 4.79 Å². The van der Waals surface area contributed by atoms with Crippen LogP contribution in [0, 0.1) is 24.4 Å². The summed E-state index contributed by atoms with van der Waals surface area (Å²) in [5.41, 5.74) is -1.68. The molecule has 1 atom stereocenters. The van der Waals surface area contributed by atoms with Gasteiger partial charge in [0, 0.05) is 7.05 Å². The van der Waals surface area contributed by atoms with Crippen LogP contribution in [0.15, 0.2) is 35.3 Å². The summed E-state index contributed by atoms with van der Waals surface area (Å²) in [7, 11) is 1.43. The number of carbonyl (C=O) groups excluding carboxylic acids is 1. The van der Waals surface area contributed by atoms with Crippen LogP contribution in [0.25, 0.3) is 0 Å². The third-order valence-electron chi connectivity index (χ3n) is 4.64. The average molecular weight is 398 g/mol. The number of alkyl halides is 2. The van der Waals surface area contributed by atoms with Gasteiger partial charge in [0.15, 0.2) is 23.0 Å². The Labute approximate surface area is 157 Å². The third kappa shape index (κ3) is 3.00. The van der Waals surface area contributed by atoms with Crippen LogP contribution in [0.2, 0.25) is 0 Å². The van der Waals surface area contributed by atoms with Gasteiger partial charge >= 0.3 is 6.61 Å². The van der Waals surface area contributed by atoms with Crippen LogP contribution < -0.4 is 4.74 Å². The number of benzene rings is 2. The minimum absolute atomic E-state index is 0.120. The van der Waals surface area contributed by atoms with E-state index in [2.05, 4.69) is 9.73 Å². The van der Waals surface area contributed by atoms with Crippen LogP contribution in [0.3, 0.4) is 0 Å². The molecule has 1 aliphatic heterocycles. The number of aryl methyl sites for hydroxylation is 1. The molecule has 0 spiro atoms. The molecule has 0 aromatic heterocycles. The Bertz CT molecular complexity index is 969. The van der Waals surface area contributed by atoms with Crippen molar-refractivity contribution in [3.63, 3.8) is 0 Å². The van der Waals surface area contributed by atoms with Crippen molar-refractivity contribution in [2.24, 2.45) is 4.99 Å². The first-order chi connectivity index (χ1) is 13.1. The van der Waals surface area contributed by atoms with Gasteiger partial charge in [-0.1, -0.05) is 6.07 Å². The molecule has 0 bridgehead atoms. The molecule has 0 saturated heterocycles. The lowest BCUT2D eigenvalue weighted by molar-refractivity contribution is -0.129. The van der Waals surface area contributed by atoms with Crippen LogP contribution in [0.4, 0.5) is 22.0 Å². The van der Waals surface area contributed by atoms with Crippen molar-refractivity contribution in [2.75, 3.05) is 7.05 Å². The fourth-order valence-electron chi connectivity index (χ4n) is 3.16. The molecule has 28 heavy (non-hydrogen) atoms. The highest BCUT2D eigenvalue weighted by atomic mass is 19.3. The summed E-state index contributed by atoms with van der Waals surface area (Å²) in [5, 5.41) is 0. The van der Waals surface area contributed by atoms with E-state index in [4.69, 9.17) is 0 Å². The third-order valence-corrected chi connectivity index (χ3v) is 4.64. The molecule has 1 unspecified atom stereocenters. The molecule has 0 saturated carbocycles. The second-order valence-electron chi connectivity index (χ2n) is 6.35. The Morgan fingerprint density at radius 3 is 2.11 bits per heavy atom. The molecule has 0 fully saturated rings. The summed E-state index contributed by atoms with van der Waals surface area (Å²) < 4.78 is 70.6. The zero-order chi connectivity index (χ0) is 20.8. The number of hydrogen-bond acceptors (Lipinski definition) is 3. The Hall–Kier alpha value is -2.97. The quantitative estimate of drug-likeness (QED) is 0.574. The van der Waals surface area contributed by atoms with Gasteiger partial charge in [0.25, 0.3) is 5.91 Å². The molecular formula is C19H15F5N2O2. The molecule has 2 aromatic carbocycles. The lowest BCUT2D eigenvalue weighted by Crippen LogP contribution is -2.39. The van der Waals surface area contributed by atoms with Crippen molar-refractivity contribution < 1.29 is 31.5 Å². The van der Waals surface area contributed by atoms with Gasteiger partial charge in [0.2, 0.25) is 0 Å². The molecule has 3 rings (SSSR count). The van der Waals surface area contributed by atoms with Crippen molar-refractivity contribution in [3.05, 3.63) is 64.5 Å². The summed E-state index contributed by atoms with van der Waals surface area (Å²) in [4.78, 5) is 18.5. The van der Waals surface area contributed by atoms with Gasteiger partial charge in [-0.15, -0.1) is 0 Å². The molecular weight excluding hydrogens is 383 g/mol. The number of halogens is 5. The average Bonchev–Trinajstić information content (AvgIpc) is 2.85. The maximum atomic E-state index is 13.9. The van der Waals surface area contributed by atoms with Gasteiger partial charge < -0.3 is 9.64 Å². The van der Waals surface area contributed by atoms with Crippen molar-refractivity contribution in [1.82, 2.24) is 4.90 Å². The van der Waals surface area contributed by atoms with Crippen LogP contribution in [-0.4, -0.2) is 30.3 Å². The highest BCUT2D eigenvalue weighted by Crippen LogP contribution is 2.42. The zero-order valence-corrected chi connectivity index (χ0v) is 15.1. The number of ether oxygens (including phenoxy) is 1. The number of amides is 1. The Morgan fingerprint density at radius 1 is 1.04 bits per heavy atom. The number of nitrogens with zero attached hydrogens (tertiary/aromatic N) is 2. The molecule has 2 aromatic rings. The number of rotatable bonds is 4. The van der Waals surface area contributed by atoms with Crippen LogP contribution in [0.1, 0.15) is 23.6 Å². The van der Waals surface area contributed by atoms with Gasteiger partial charge in [-0.25, -0.2) is 18.2 Å². The van der Waals surface area contributed by atoms with Crippen molar-refractivity contribution >= 4 is 11.7 Å². The number of likely N-dealkylation sites (N-methyl/N-ethyl adjacent to an activating group) is 1. The molecule has 4 nitrogen and oxygen atoms in total. The van der Waals surface area contributed by atoms with E-state index < -0.39 is 35.5 Å². The molecule has 148 valence electrons. The molecule has 9 heteroatoms. The van der Waals surface area contributed by atoms with Crippen LogP contribution >= 0.6 is 0 Å². The summed E-state index contributed by atoms with van der Waals surface area (Å²) in [5.74, 6) is -5.10. The topological polar surface area (TPSA) is 41.9 Å². The van der Waals surface area contributed by atoms with Crippen molar-refractivity contribution in [2.45, 2.75) is 26.0 Å². The fourth-order valence-corrected chi connectivity index (χ4v) is 3.16. The molecule has 1 aliphatic rings. The van der Waals surface area contributed by atoms with Gasteiger partial charge in [0.05, 0.1) is 0 Å². The lowest BCUT2D eigenvalue weighted by Gasteiger charge is -2.27. The highest BCUT2D eigenvalue weighted by Gasteiger charge is 2.49. The van der Waals surface area contributed by atoms with E-state index >= 15 is 0 Å². The Balaban J connectivity index is 2.26. The minimum atomic E-state index is -3.04. The fraction of sp³-hybridized carbons (Fsp3) is 0.263. The van der Waals surface area contributed by atoms with E-state index in [-0.39, 0.29) is 28.3 Å². The Morgan fingerprint density at radius 2 is 1.64 bits per heavy atom. The van der Waals surface area contributed by atoms with E-state index in [0.29, 0.717) is 12.1 Å². The first kappa shape index (κ1) is 19.8. The van der Waals surface area contributed by atoms with Crippen LogP contribution in [0.5, 0.6) is 5.75 Å². The zero-order valence-electron chi connectivity index (χ0n) is 15.1. The molecule has 0 aliphatic carbocycles. The molecule has 1 heterocycles. The Kier molecular flexibility index (Phi) is 4.86. The highest BCUT2D eigenvalue weighted by molar-refractivity contribution is 6.09. The summed E-state index contributed by atoms with van der Waals surface area (Å²) in [6.07, 6.45) is 0. The van der Waals surface area contributed by atoms with Crippen molar-refractivity contribution in [1.29, 1.82) is 0 Å². The molecule has 1 amide bonds. The number of carbonyl (C=O) groups is 1. The second-order valence-corrected chi connectivity index (χ2v) is 6.35. The number of amidine groups is 1. The molecule has 0 N–H and O–H groups in total. The van der Waals surface area contributed by atoms with Gasteiger partial charge in [-0.05, 0) is 54.8 Å². The predicted octanol–water partition coefficient (Wildman–Crippen LogP) is 4.15. The first-order valence-electron chi connectivity index (χ1n) is 8.13. The standard InChI is InChI=1S/C19H15F5N2O2/c1-9-6-11(4-5-15(9)28-18(23)24)19(17(27)26(3)10(2)25-19)12-7-13(20)16(22)14(21)8-12/h4-8,18H,1-3H3. The largest absolute Gasteiger partial charge is 0.435 e. The normalized spacial score (nSPS) is 19.4. The van der Waals surface area contributed by atoms with Crippen LogP contribution in [-0.2, 0) is 10.3 Å². The minimum Gasteiger partial charge on any atom is -0.435 e. The smallest absolute Gasteiger partial charge is 0.387 e. The number of aliphatic imine (C=N–C) groups is 1. The van der Waals surface area contributed by atoms with E-state index in [1.165, 1.54) is 44.0 Å². The van der Waals surface area contributed by atoms with E-state index in [0.717, 1.165) is 0 Å². The van der Waals surface area contributed by atoms with E-state index in [1.54, 1.807) is 0 Å². The predicted molar refractivity (Wildman–Crippen MR) is 90.8 cm³/mol. The monoisotopic (exact) mass is 398 g/mol. The van der Waals surface area contributed by atoms with Crippen molar-refractivity contribution in [3.8, 4) is 5.75 Å². The van der Waals surface area contributed by atoms with E-state index in [9.17, 15) is 26.7 Å². The first-order valence-corrected chi connectivity index (χ1v) is 8.13. The second kappa shape index (κ2) is 6.88.